The van der Waals surface area contributed by atoms with Gasteiger partial charge in [0.1, 0.15) is 6.54 Å². The molecule has 3 aromatic rings. The molecule has 0 saturated carbocycles. The van der Waals surface area contributed by atoms with Crippen molar-refractivity contribution in [2.45, 2.75) is 6.54 Å². The van der Waals surface area contributed by atoms with Crippen LogP contribution in [0.5, 0.6) is 0 Å². The Kier molecular flexibility index (Phi) is 5.58. The molecule has 0 spiro atoms. The van der Waals surface area contributed by atoms with Gasteiger partial charge >= 0.3 is 11.7 Å². The van der Waals surface area contributed by atoms with Crippen LogP contribution < -0.4 is 11.1 Å². The number of nitrogens with one attached hydrogen (secondary N) is 1. The van der Waals surface area contributed by atoms with Gasteiger partial charge in [-0.05, 0) is 24.3 Å². The van der Waals surface area contributed by atoms with Crippen LogP contribution in [0.3, 0.4) is 0 Å². The van der Waals surface area contributed by atoms with E-state index in [1.165, 1.54) is 0 Å². The molecule has 0 unspecified atom stereocenters. The zero-order valence-electron chi connectivity index (χ0n) is 14.2. The molecule has 0 aliphatic heterocycles. The Morgan fingerprint density at radius 3 is 2.57 bits per heavy atom. The maximum absolute atomic E-state index is 13.1. The van der Waals surface area contributed by atoms with Gasteiger partial charge in [0.05, 0.1) is 0 Å². The van der Waals surface area contributed by atoms with Gasteiger partial charge < -0.3 is 14.5 Å². The highest BCUT2D eigenvalue weighted by Gasteiger charge is 2.15. The van der Waals surface area contributed by atoms with Gasteiger partial charge in [-0.2, -0.15) is 4.68 Å². The predicted molar refractivity (Wildman–Crippen MR) is 92.1 cm³/mol. The third-order valence-electron chi connectivity index (χ3n) is 3.47. The van der Waals surface area contributed by atoms with E-state index in [4.69, 9.17) is 9.15 Å². The molecule has 0 aliphatic rings. The van der Waals surface area contributed by atoms with E-state index in [1.54, 1.807) is 30.3 Å². The molecule has 8 nitrogen and oxygen atoms in total. The number of benzene rings is 2. The van der Waals surface area contributed by atoms with Gasteiger partial charge in [0.15, 0.2) is 18.2 Å². The zero-order valence-corrected chi connectivity index (χ0v) is 14.2. The van der Waals surface area contributed by atoms with Crippen LogP contribution in [0, 0.1) is 11.6 Å². The van der Waals surface area contributed by atoms with E-state index < -0.39 is 42.4 Å². The summed E-state index contributed by atoms with van der Waals surface area (Å²) in [6, 6.07) is 11.4. The number of ether oxygens (including phenoxy) is 1. The molecule has 28 heavy (non-hydrogen) atoms. The third-order valence-corrected chi connectivity index (χ3v) is 3.47. The summed E-state index contributed by atoms with van der Waals surface area (Å²) in [5.41, 5.74) is 0.554. The predicted octanol–water partition coefficient (Wildman–Crippen LogP) is 1.96. The monoisotopic (exact) mass is 389 g/mol. The molecule has 0 bridgehead atoms. The van der Waals surface area contributed by atoms with Gasteiger partial charge in [0.2, 0.25) is 5.89 Å². The number of anilines is 1. The smallest absolute Gasteiger partial charge is 0.437 e. The lowest BCUT2D eigenvalue weighted by atomic mass is 10.2. The summed E-state index contributed by atoms with van der Waals surface area (Å²) in [5, 5.41) is 6.13. The van der Waals surface area contributed by atoms with Crippen molar-refractivity contribution < 1.29 is 27.5 Å². The van der Waals surface area contributed by atoms with E-state index >= 15 is 0 Å². The molecule has 3 rings (SSSR count). The minimum Gasteiger partial charge on any atom is -0.454 e. The van der Waals surface area contributed by atoms with E-state index in [-0.39, 0.29) is 11.6 Å². The van der Waals surface area contributed by atoms with Crippen LogP contribution >= 0.6 is 0 Å². The normalized spacial score (nSPS) is 10.5. The van der Waals surface area contributed by atoms with Crippen LogP contribution in [-0.2, 0) is 20.9 Å². The molecule has 2 aromatic carbocycles. The molecule has 0 saturated heterocycles. The standard InChI is InChI=1S/C18H13F2N3O5/c19-13-7-6-12(8-14(13)20)21-15(24)10-27-16(25)9-23-18(26)28-17(22-23)11-4-2-1-3-5-11/h1-8H,9-10H2,(H,21,24). The van der Waals surface area contributed by atoms with Crippen LogP contribution in [0.15, 0.2) is 57.7 Å². The average Bonchev–Trinajstić information content (AvgIpc) is 3.04. The molecule has 144 valence electrons. The minimum absolute atomic E-state index is 0.000160. The molecular weight excluding hydrogens is 376 g/mol. The first-order valence-electron chi connectivity index (χ1n) is 7.96. The molecule has 0 radical (unpaired) electrons. The number of hydrogen-bond acceptors (Lipinski definition) is 6. The van der Waals surface area contributed by atoms with Crippen molar-refractivity contribution in [2.24, 2.45) is 0 Å². The largest absolute Gasteiger partial charge is 0.454 e. The number of carbonyl (C=O) groups excluding carboxylic acids is 2. The van der Waals surface area contributed by atoms with E-state index in [0.717, 1.165) is 22.9 Å². The van der Waals surface area contributed by atoms with E-state index in [9.17, 15) is 23.2 Å². The van der Waals surface area contributed by atoms with Crippen molar-refractivity contribution in [3.63, 3.8) is 0 Å². The number of halogens is 2. The maximum atomic E-state index is 13.1. The van der Waals surface area contributed by atoms with Crippen molar-refractivity contribution in [1.29, 1.82) is 0 Å². The topological polar surface area (TPSA) is 103 Å². The Hall–Kier alpha value is -3.82. The van der Waals surface area contributed by atoms with Crippen molar-refractivity contribution in [1.82, 2.24) is 9.78 Å². The van der Waals surface area contributed by atoms with Gasteiger partial charge in [-0.15, -0.1) is 5.10 Å². The van der Waals surface area contributed by atoms with Crippen molar-refractivity contribution in [2.75, 3.05) is 11.9 Å². The summed E-state index contributed by atoms with van der Waals surface area (Å²) < 4.78 is 36.4. The van der Waals surface area contributed by atoms with E-state index in [0.29, 0.717) is 5.56 Å². The number of esters is 1. The summed E-state index contributed by atoms with van der Waals surface area (Å²) in [7, 11) is 0. The second kappa shape index (κ2) is 8.25. The van der Waals surface area contributed by atoms with Crippen LogP contribution in [0.1, 0.15) is 0 Å². The first kappa shape index (κ1) is 19.0. The minimum atomic E-state index is -1.13. The van der Waals surface area contributed by atoms with Gasteiger partial charge in [-0.1, -0.05) is 18.2 Å². The van der Waals surface area contributed by atoms with Crippen LogP contribution in [0.25, 0.3) is 11.5 Å². The van der Waals surface area contributed by atoms with Crippen molar-refractivity contribution in [3.8, 4) is 11.5 Å². The maximum Gasteiger partial charge on any atom is 0.437 e. The number of nitrogens with zero attached hydrogens (tertiary/aromatic N) is 2. The molecule has 0 fully saturated rings. The number of carbonyl (C=O) groups is 2. The molecule has 0 aliphatic carbocycles. The SMILES string of the molecule is O=C(COC(=O)Cn1nc(-c2ccccc2)oc1=O)Nc1ccc(F)c(F)c1. The second-order valence-electron chi connectivity index (χ2n) is 5.53. The lowest BCUT2D eigenvalue weighted by Crippen LogP contribution is -2.26. The first-order chi connectivity index (χ1) is 13.4. The number of hydrogen-bond donors (Lipinski definition) is 1. The van der Waals surface area contributed by atoms with Gasteiger partial charge in [-0.3, -0.25) is 9.59 Å². The van der Waals surface area contributed by atoms with Crippen LogP contribution in [0.2, 0.25) is 0 Å². The Morgan fingerprint density at radius 1 is 1.11 bits per heavy atom. The molecule has 10 heteroatoms. The quantitative estimate of drug-likeness (QED) is 0.647. The molecule has 1 heterocycles. The Balaban J connectivity index is 1.54. The molecule has 1 N–H and O–H groups in total. The third kappa shape index (κ3) is 4.67. The first-order valence-corrected chi connectivity index (χ1v) is 7.96. The fourth-order valence-corrected chi connectivity index (χ4v) is 2.19. The Labute approximate surface area is 156 Å². The summed E-state index contributed by atoms with van der Waals surface area (Å²) in [4.78, 5) is 35.3. The summed E-state index contributed by atoms with van der Waals surface area (Å²) in [6.45, 7) is -1.25. The fraction of sp³-hybridized carbons (Fsp3) is 0.111. The molecule has 0 atom stereocenters. The highest BCUT2D eigenvalue weighted by atomic mass is 19.2. The van der Waals surface area contributed by atoms with Crippen LogP contribution in [0.4, 0.5) is 14.5 Å². The molecular formula is C18H13F2N3O5. The number of rotatable bonds is 6. The lowest BCUT2D eigenvalue weighted by molar-refractivity contribution is -0.148. The van der Waals surface area contributed by atoms with Gasteiger partial charge in [0.25, 0.3) is 5.91 Å². The van der Waals surface area contributed by atoms with E-state index in [2.05, 4.69) is 10.4 Å². The average molecular weight is 389 g/mol. The number of aromatic nitrogens is 2. The Morgan fingerprint density at radius 2 is 1.86 bits per heavy atom. The molecule has 1 aromatic heterocycles. The molecule has 1 amide bonds. The number of amides is 1. The highest BCUT2D eigenvalue weighted by Crippen LogP contribution is 2.14. The van der Waals surface area contributed by atoms with Gasteiger partial charge in [-0.25, -0.2) is 13.6 Å². The van der Waals surface area contributed by atoms with Crippen molar-refractivity contribution >= 4 is 17.6 Å². The fourth-order valence-electron chi connectivity index (χ4n) is 2.19. The summed E-state index contributed by atoms with van der Waals surface area (Å²) in [6.07, 6.45) is 0. The summed E-state index contributed by atoms with van der Waals surface area (Å²) in [5.74, 6) is -4.68. The van der Waals surface area contributed by atoms with Crippen molar-refractivity contribution in [3.05, 3.63) is 70.7 Å². The second-order valence-corrected chi connectivity index (χ2v) is 5.53. The lowest BCUT2D eigenvalue weighted by Gasteiger charge is -2.06. The zero-order chi connectivity index (χ0) is 20.1. The summed E-state index contributed by atoms with van der Waals surface area (Å²) >= 11 is 0. The van der Waals surface area contributed by atoms with Gasteiger partial charge in [0, 0.05) is 17.3 Å². The highest BCUT2D eigenvalue weighted by molar-refractivity contribution is 5.92. The van der Waals surface area contributed by atoms with E-state index in [1.807, 2.05) is 0 Å². The van der Waals surface area contributed by atoms with Crippen LogP contribution in [-0.4, -0.2) is 28.3 Å². The Bertz CT molecular complexity index is 1060.